The van der Waals surface area contributed by atoms with Crippen LogP contribution in [0.5, 0.6) is 0 Å². The van der Waals surface area contributed by atoms with Gasteiger partial charge in [0.1, 0.15) is 11.5 Å². The standard InChI is InChI=1S/C27H24FN5/c1-16-10-19(12-21(28)11-16)22-6-5-7-25-23(22)13-26(30-25)27-18(3)24(31-32-27)9-8-17(2)20-14-29-33(4)15-20/h5-15,30-31H,3H2,1-2,4H3/b17-8+,24-9+. The van der Waals surface area contributed by atoms with E-state index in [0.29, 0.717) is 0 Å². The van der Waals surface area contributed by atoms with Crippen LogP contribution < -0.4 is 10.6 Å². The molecule has 0 fully saturated rings. The van der Waals surface area contributed by atoms with Crippen LogP contribution in [0.2, 0.25) is 0 Å². The fraction of sp³-hybridized carbons (Fsp3) is 0.111. The summed E-state index contributed by atoms with van der Waals surface area (Å²) >= 11 is 0. The SMILES string of the molecule is C=c1c(-c2cc3c(-c4cc(C)cc(F)c4)cccc3[nH]2)n[nH]/c1=C/C=C(\C)c1cnn(C)c1. The van der Waals surface area contributed by atoms with Gasteiger partial charge in [0.05, 0.1) is 17.2 Å². The first kappa shape index (κ1) is 20.7. The smallest absolute Gasteiger partial charge is 0.124 e. The van der Waals surface area contributed by atoms with Crippen molar-refractivity contribution in [2.75, 3.05) is 0 Å². The molecule has 6 heteroatoms. The number of allylic oxidation sites excluding steroid dienone is 2. The first-order valence-corrected chi connectivity index (χ1v) is 10.7. The van der Waals surface area contributed by atoms with Gasteiger partial charge in [-0.1, -0.05) is 30.9 Å². The number of nitrogens with zero attached hydrogens (tertiary/aromatic N) is 3. The average Bonchev–Trinajstić information content (AvgIpc) is 3.49. The average molecular weight is 438 g/mol. The van der Waals surface area contributed by atoms with Crippen molar-refractivity contribution in [2.24, 2.45) is 7.05 Å². The van der Waals surface area contributed by atoms with E-state index in [1.807, 2.05) is 69.7 Å². The summed E-state index contributed by atoms with van der Waals surface area (Å²) in [5.74, 6) is -0.236. The molecule has 2 aromatic carbocycles. The Kier molecular flexibility index (Phi) is 5.05. The molecule has 3 aromatic heterocycles. The van der Waals surface area contributed by atoms with Crippen molar-refractivity contribution in [3.05, 3.63) is 88.4 Å². The quantitative estimate of drug-likeness (QED) is 0.428. The highest BCUT2D eigenvalue weighted by molar-refractivity contribution is 5.98. The molecule has 0 spiro atoms. The molecule has 2 N–H and O–H groups in total. The predicted molar refractivity (Wildman–Crippen MR) is 132 cm³/mol. The number of hydrogen-bond acceptors (Lipinski definition) is 2. The number of rotatable bonds is 4. The third kappa shape index (κ3) is 3.91. The van der Waals surface area contributed by atoms with Gasteiger partial charge >= 0.3 is 0 Å². The largest absolute Gasteiger partial charge is 0.353 e. The summed E-state index contributed by atoms with van der Waals surface area (Å²) < 4.78 is 15.8. The van der Waals surface area contributed by atoms with Crippen LogP contribution >= 0.6 is 0 Å². The molecule has 0 atom stereocenters. The van der Waals surface area contributed by atoms with E-state index in [9.17, 15) is 4.39 Å². The van der Waals surface area contributed by atoms with Crippen molar-refractivity contribution in [2.45, 2.75) is 13.8 Å². The number of hydrogen-bond donors (Lipinski definition) is 2. The molecule has 0 aliphatic carbocycles. The Balaban J connectivity index is 1.56. The Morgan fingerprint density at radius 1 is 1.18 bits per heavy atom. The van der Waals surface area contributed by atoms with Crippen LogP contribution in [0.3, 0.4) is 0 Å². The van der Waals surface area contributed by atoms with Crippen LogP contribution in [0.4, 0.5) is 4.39 Å². The summed E-state index contributed by atoms with van der Waals surface area (Å²) in [4.78, 5) is 3.44. The molecule has 0 aliphatic rings. The van der Waals surface area contributed by atoms with Crippen molar-refractivity contribution in [3.63, 3.8) is 0 Å². The highest BCUT2D eigenvalue weighted by Crippen LogP contribution is 2.32. The minimum atomic E-state index is -0.236. The second-order valence-corrected chi connectivity index (χ2v) is 8.35. The topological polar surface area (TPSA) is 62.3 Å². The van der Waals surface area contributed by atoms with Gasteiger partial charge in [-0.05, 0) is 66.5 Å². The van der Waals surface area contributed by atoms with Gasteiger partial charge in [0.2, 0.25) is 0 Å². The second-order valence-electron chi connectivity index (χ2n) is 8.35. The van der Waals surface area contributed by atoms with Gasteiger partial charge < -0.3 is 4.98 Å². The highest BCUT2D eigenvalue weighted by Gasteiger charge is 2.12. The van der Waals surface area contributed by atoms with Crippen molar-refractivity contribution >= 4 is 29.1 Å². The van der Waals surface area contributed by atoms with Gasteiger partial charge in [-0.2, -0.15) is 10.2 Å². The zero-order valence-electron chi connectivity index (χ0n) is 18.8. The molecule has 0 amide bonds. The molecule has 164 valence electrons. The Labute approximate surface area is 190 Å². The van der Waals surface area contributed by atoms with E-state index in [2.05, 4.69) is 32.9 Å². The molecule has 0 unspecified atom stereocenters. The summed E-state index contributed by atoms with van der Waals surface area (Å²) in [6.07, 6.45) is 7.82. The molecule has 3 heterocycles. The Morgan fingerprint density at radius 3 is 2.79 bits per heavy atom. The van der Waals surface area contributed by atoms with Crippen molar-refractivity contribution in [1.29, 1.82) is 0 Å². The highest BCUT2D eigenvalue weighted by atomic mass is 19.1. The van der Waals surface area contributed by atoms with Gasteiger partial charge in [0, 0.05) is 34.9 Å². The van der Waals surface area contributed by atoms with E-state index in [-0.39, 0.29) is 5.82 Å². The Bertz CT molecular complexity index is 1610. The summed E-state index contributed by atoms with van der Waals surface area (Å²) in [5, 5.41) is 14.5. The fourth-order valence-corrected chi connectivity index (χ4v) is 4.10. The molecule has 0 saturated carbocycles. The molecule has 33 heavy (non-hydrogen) atoms. The van der Waals surface area contributed by atoms with Crippen LogP contribution in [0.25, 0.3) is 51.6 Å². The first-order chi connectivity index (χ1) is 15.9. The van der Waals surface area contributed by atoms with E-state index in [1.165, 1.54) is 6.07 Å². The summed E-state index contributed by atoms with van der Waals surface area (Å²) in [6.45, 7) is 8.19. The lowest BCUT2D eigenvalue weighted by Crippen LogP contribution is -2.21. The van der Waals surface area contributed by atoms with Gasteiger partial charge in [0.25, 0.3) is 0 Å². The van der Waals surface area contributed by atoms with Crippen molar-refractivity contribution in [3.8, 4) is 22.5 Å². The molecular formula is C27H24FN5. The lowest BCUT2D eigenvalue weighted by molar-refractivity contribution is 0.627. The van der Waals surface area contributed by atoms with Gasteiger partial charge in [0.15, 0.2) is 0 Å². The molecule has 0 aliphatic heterocycles. The van der Waals surface area contributed by atoms with E-state index < -0.39 is 0 Å². The van der Waals surface area contributed by atoms with Crippen LogP contribution in [0.1, 0.15) is 18.1 Å². The normalized spacial score (nSPS) is 12.7. The Morgan fingerprint density at radius 2 is 2.03 bits per heavy atom. The lowest BCUT2D eigenvalue weighted by Gasteiger charge is -2.05. The number of aryl methyl sites for hydroxylation is 2. The first-order valence-electron chi connectivity index (χ1n) is 10.7. The predicted octanol–water partition coefficient (Wildman–Crippen LogP) is 4.70. The summed E-state index contributed by atoms with van der Waals surface area (Å²) in [5.41, 5.74) is 7.45. The van der Waals surface area contributed by atoms with Crippen molar-refractivity contribution in [1.82, 2.24) is 25.0 Å². The van der Waals surface area contributed by atoms with Gasteiger partial charge in [-0.3, -0.25) is 9.78 Å². The van der Waals surface area contributed by atoms with Gasteiger partial charge in [-0.25, -0.2) is 4.39 Å². The molecule has 0 saturated heterocycles. The third-order valence-electron chi connectivity index (χ3n) is 5.83. The maximum atomic E-state index is 14.0. The number of aromatic amines is 2. The van der Waals surface area contributed by atoms with E-state index in [1.54, 1.807) is 10.7 Å². The number of H-pyrrole nitrogens is 2. The van der Waals surface area contributed by atoms with Crippen LogP contribution in [0, 0.1) is 12.7 Å². The minimum Gasteiger partial charge on any atom is -0.353 e. The Hall–Kier alpha value is -4.19. The maximum Gasteiger partial charge on any atom is 0.124 e. The molecule has 5 aromatic rings. The summed E-state index contributed by atoms with van der Waals surface area (Å²) in [6, 6.07) is 13.1. The minimum absolute atomic E-state index is 0.236. The lowest BCUT2D eigenvalue weighted by atomic mass is 10.00. The molecule has 5 nitrogen and oxygen atoms in total. The summed E-state index contributed by atoms with van der Waals surface area (Å²) in [7, 11) is 1.90. The number of nitrogens with one attached hydrogen (secondary N) is 2. The van der Waals surface area contributed by atoms with Crippen LogP contribution in [0.15, 0.2) is 60.9 Å². The molecule has 5 rings (SSSR count). The number of halogens is 1. The zero-order valence-corrected chi connectivity index (χ0v) is 18.8. The zero-order chi connectivity index (χ0) is 23.1. The van der Waals surface area contributed by atoms with Gasteiger partial charge in [-0.15, -0.1) is 0 Å². The van der Waals surface area contributed by atoms with Crippen LogP contribution in [-0.4, -0.2) is 25.0 Å². The van der Waals surface area contributed by atoms with Crippen molar-refractivity contribution < 1.29 is 4.39 Å². The number of benzene rings is 2. The number of fused-ring (bicyclic) bond motifs is 1. The maximum absolute atomic E-state index is 14.0. The second kappa shape index (κ2) is 8.06. The van der Waals surface area contributed by atoms with E-state index >= 15 is 0 Å². The fourth-order valence-electron chi connectivity index (χ4n) is 4.10. The third-order valence-corrected chi connectivity index (χ3v) is 5.83. The molecular weight excluding hydrogens is 413 g/mol. The van der Waals surface area contributed by atoms with E-state index in [0.717, 1.165) is 60.7 Å². The molecule has 0 radical (unpaired) electrons. The van der Waals surface area contributed by atoms with E-state index in [4.69, 9.17) is 0 Å². The monoisotopic (exact) mass is 437 g/mol. The number of aromatic nitrogens is 5. The molecule has 0 bridgehead atoms. The van der Waals surface area contributed by atoms with Crippen LogP contribution in [-0.2, 0) is 7.05 Å².